The quantitative estimate of drug-likeness (QED) is 0.590. The van der Waals surface area contributed by atoms with Crippen molar-refractivity contribution < 1.29 is 58.6 Å². The van der Waals surface area contributed by atoms with Crippen molar-refractivity contribution in [3.05, 3.63) is 0 Å². The molecule has 4 nitrogen and oxygen atoms in total. The molecule has 0 aliphatic heterocycles. The molecule has 0 rings (SSSR count). The fourth-order valence-corrected chi connectivity index (χ4v) is 0.625. The molecule has 0 heterocycles. The Morgan fingerprint density at radius 1 is 0.800 bits per heavy atom. The lowest BCUT2D eigenvalue weighted by atomic mass is 10.3. The number of halogens is 9. The van der Waals surface area contributed by atoms with Crippen LogP contribution in [0, 0.1) is 0 Å². The highest BCUT2D eigenvalue weighted by Crippen LogP contribution is 2.27. The van der Waals surface area contributed by atoms with Gasteiger partial charge in [0.1, 0.15) is 6.61 Å². The maximum Gasteiger partial charge on any atom is 0.490 e. The van der Waals surface area contributed by atoms with Crippen LogP contribution < -0.4 is 0 Å². The summed E-state index contributed by atoms with van der Waals surface area (Å²) in [7, 11) is 0. The maximum absolute atomic E-state index is 12.1. The third-order valence-electron chi connectivity index (χ3n) is 1.44. The largest absolute Gasteiger partial charge is 0.490 e. The zero-order valence-electron chi connectivity index (χ0n) is 8.82. The lowest BCUT2D eigenvalue weighted by Crippen LogP contribution is -2.42. The molecule has 13 heteroatoms. The number of ether oxygens (including phenoxy) is 2. The molecular weight excluding hydrogens is 319 g/mol. The molecule has 0 saturated carbocycles. The predicted octanol–water partition coefficient (Wildman–Crippen LogP) is 2.13. The first-order valence-electron chi connectivity index (χ1n) is 4.24. The Hall–Kier alpha value is -1.69. The van der Waals surface area contributed by atoms with Crippen LogP contribution in [-0.4, -0.2) is 43.2 Å². The van der Waals surface area contributed by atoms with Crippen LogP contribution in [0.4, 0.5) is 39.5 Å². The summed E-state index contributed by atoms with van der Waals surface area (Å²) in [5.41, 5.74) is 0. The van der Waals surface area contributed by atoms with Crippen molar-refractivity contribution in [2.45, 2.75) is 24.6 Å². The first-order chi connectivity index (χ1) is 8.65. The van der Waals surface area contributed by atoms with Crippen molar-refractivity contribution in [1.82, 2.24) is 0 Å². The topological polar surface area (TPSA) is 52.6 Å². The molecule has 1 atom stereocenters. The summed E-state index contributed by atoms with van der Waals surface area (Å²) in [6.07, 6.45) is -20.8. The van der Waals surface area contributed by atoms with E-state index in [-0.39, 0.29) is 0 Å². The summed E-state index contributed by atoms with van der Waals surface area (Å²) in [6.45, 7) is -2.26. The lowest BCUT2D eigenvalue weighted by Gasteiger charge is -2.21. The summed E-state index contributed by atoms with van der Waals surface area (Å²) in [6, 6.07) is 0. The van der Waals surface area contributed by atoms with Crippen molar-refractivity contribution in [1.29, 1.82) is 0 Å². The van der Waals surface area contributed by atoms with Gasteiger partial charge in [0.25, 0.3) is 0 Å². The number of carbonyl (C=O) groups is 2. The molecule has 0 amide bonds. The molecule has 0 aliphatic rings. The van der Waals surface area contributed by atoms with Gasteiger partial charge in [-0.2, -0.15) is 39.5 Å². The van der Waals surface area contributed by atoms with E-state index in [4.69, 9.17) is 0 Å². The molecule has 0 aromatic carbocycles. The lowest BCUT2D eigenvalue weighted by molar-refractivity contribution is -0.255. The number of hydrogen-bond donors (Lipinski definition) is 0. The van der Waals surface area contributed by atoms with E-state index in [9.17, 15) is 49.1 Å². The van der Waals surface area contributed by atoms with E-state index in [2.05, 4.69) is 9.47 Å². The molecule has 0 aromatic heterocycles. The molecule has 20 heavy (non-hydrogen) atoms. The molecule has 118 valence electrons. The molecule has 0 aliphatic carbocycles. The van der Waals surface area contributed by atoms with Gasteiger partial charge >= 0.3 is 30.5 Å². The van der Waals surface area contributed by atoms with Gasteiger partial charge in [0.05, 0.1) is 0 Å². The van der Waals surface area contributed by atoms with Gasteiger partial charge in [-0.15, -0.1) is 0 Å². The fraction of sp³-hybridized carbons (Fsp3) is 0.714. The van der Waals surface area contributed by atoms with E-state index >= 15 is 0 Å². The van der Waals surface area contributed by atoms with E-state index in [0.717, 1.165) is 0 Å². The van der Waals surface area contributed by atoms with Crippen LogP contribution in [0.1, 0.15) is 0 Å². The highest BCUT2D eigenvalue weighted by Gasteiger charge is 2.51. The van der Waals surface area contributed by atoms with Gasteiger partial charge in [0.2, 0.25) is 6.10 Å². The standard InChI is InChI=1S/C7H3F9O4/c8-5(9,10)2(20-4(18)7(14,15)16)1-19-3(17)6(11,12)13/h2H,1H2/t2-/m0/s1. The minimum atomic E-state index is -5.79. The van der Waals surface area contributed by atoms with Crippen LogP contribution in [0.15, 0.2) is 0 Å². The Morgan fingerprint density at radius 2 is 1.20 bits per heavy atom. The molecule has 0 spiro atoms. The van der Waals surface area contributed by atoms with E-state index in [0.29, 0.717) is 0 Å². The second-order valence-corrected chi connectivity index (χ2v) is 3.03. The van der Waals surface area contributed by atoms with Gasteiger partial charge in [0.15, 0.2) is 0 Å². The van der Waals surface area contributed by atoms with Crippen LogP contribution in [0.5, 0.6) is 0 Å². The third kappa shape index (κ3) is 5.97. The molecule has 0 unspecified atom stereocenters. The second kappa shape index (κ2) is 5.75. The van der Waals surface area contributed by atoms with E-state index in [1.807, 2.05) is 0 Å². The normalized spacial score (nSPS) is 14.7. The summed E-state index contributed by atoms with van der Waals surface area (Å²) < 4.78 is 112. The smallest absolute Gasteiger partial charge is 0.455 e. The summed E-state index contributed by atoms with van der Waals surface area (Å²) in [5, 5.41) is 0. The summed E-state index contributed by atoms with van der Waals surface area (Å²) >= 11 is 0. The highest BCUT2D eigenvalue weighted by molar-refractivity contribution is 5.76. The average molecular weight is 322 g/mol. The summed E-state index contributed by atoms with van der Waals surface area (Å²) in [5.74, 6) is -6.36. The Balaban J connectivity index is 4.78. The van der Waals surface area contributed by atoms with Gasteiger partial charge in [-0.3, -0.25) is 0 Å². The Bertz CT molecular complexity index is 366. The second-order valence-electron chi connectivity index (χ2n) is 3.03. The molecule has 0 fully saturated rings. The number of carbonyl (C=O) groups excluding carboxylic acids is 2. The Morgan fingerprint density at radius 3 is 1.50 bits per heavy atom. The van der Waals surface area contributed by atoms with Gasteiger partial charge in [-0.25, -0.2) is 9.59 Å². The van der Waals surface area contributed by atoms with E-state index < -0.39 is 43.2 Å². The van der Waals surface area contributed by atoms with Crippen molar-refractivity contribution in [3.63, 3.8) is 0 Å². The van der Waals surface area contributed by atoms with Crippen LogP contribution in [0.2, 0.25) is 0 Å². The third-order valence-corrected chi connectivity index (χ3v) is 1.44. The molecule has 0 bridgehead atoms. The molecule has 0 radical (unpaired) electrons. The van der Waals surface area contributed by atoms with Crippen LogP contribution in [-0.2, 0) is 19.1 Å². The molecule has 0 aromatic rings. The van der Waals surface area contributed by atoms with Crippen LogP contribution in [0.3, 0.4) is 0 Å². The molecular formula is C7H3F9O4. The predicted molar refractivity (Wildman–Crippen MR) is 39.0 cm³/mol. The highest BCUT2D eigenvalue weighted by atomic mass is 19.4. The monoisotopic (exact) mass is 322 g/mol. The molecule has 0 N–H and O–H groups in total. The van der Waals surface area contributed by atoms with Crippen molar-refractivity contribution in [3.8, 4) is 0 Å². The van der Waals surface area contributed by atoms with E-state index in [1.165, 1.54) is 0 Å². The first kappa shape index (κ1) is 18.3. The van der Waals surface area contributed by atoms with Crippen molar-refractivity contribution in [2.24, 2.45) is 0 Å². The minimum Gasteiger partial charge on any atom is -0.455 e. The van der Waals surface area contributed by atoms with Gasteiger partial charge < -0.3 is 9.47 Å². The number of alkyl halides is 9. The van der Waals surface area contributed by atoms with Crippen molar-refractivity contribution in [2.75, 3.05) is 6.61 Å². The minimum absolute atomic E-state index is 2.26. The summed E-state index contributed by atoms with van der Waals surface area (Å²) in [4.78, 5) is 20.3. The maximum atomic E-state index is 12.1. The number of esters is 2. The van der Waals surface area contributed by atoms with Gasteiger partial charge in [-0.05, 0) is 0 Å². The zero-order chi connectivity index (χ0) is 16.4. The first-order valence-corrected chi connectivity index (χ1v) is 4.24. The van der Waals surface area contributed by atoms with Crippen molar-refractivity contribution >= 4 is 11.9 Å². The van der Waals surface area contributed by atoms with Crippen LogP contribution in [0.25, 0.3) is 0 Å². The van der Waals surface area contributed by atoms with E-state index in [1.54, 1.807) is 0 Å². The Labute approximate surface area is 103 Å². The Kier molecular flexibility index (Phi) is 5.26. The molecule has 0 saturated heterocycles. The van der Waals surface area contributed by atoms with Gasteiger partial charge in [0, 0.05) is 0 Å². The average Bonchev–Trinajstić information content (AvgIpc) is 2.18. The SMILES string of the molecule is O=C(OC[C@H](OC(=O)C(F)(F)F)C(F)(F)F)C(F)(F)F. The number of rotatable bonds is 3. The fourth-order valence-electron chi connectivity index (χ4n) is 0.625. The zero-order valence-corrected chi connectivity index (χ0v) is 8.82. The van der Waals surface area contributed by atoms with Crippen LogP contribution >= 0.6 is 0 Å². The van der Waals surface area contributed by atoms with Gasteiger partial charge in [-0.1, -0.05) is 0 Å². The number of hydrogen-bond acceptors (Lipinski definition) is 4.